The Kier molecular flexibility index (Phi) is 3.72. The molecule has 2 rings (SSSR count). The molecule has 16 heavy (non-hydrogen) atoms. The molecule has 0 N–H and O–H groups in total. The summed E-state index contributed by atoms with van der Waals surface area (Å²) < 4.78 is 5.64. The molecule has 1 aliphatic heterocycles. The monoisotopic (exact) mass is 239 g/mol. The molecule has 1 fully saturated rings. The highest BCUT2D eigenvalue weighted by Crippen LogP contribution is 2.24. The quantitative estimate of drug-likeness (QED) is 0.733. The van der Waals surface area contributed by atoms with Crippen LogP contribution >= 0.6 is 11.6 Å². The van der Waals surface area contributed by atoms with Crippen molar-refractivity contribution in [3.05, 3.63) is 29.3 Å². The lowest BCUT2D eigenvalue weighted by atomic mass is 10.1. The van der Waals surface area contributed by atoms with E-state index in [9.17, 15) is 0 Å². The van der Waals surface area contributed by atoms with Gasteiger partial charge in [0.15, 0.2) is 0 Å². The number of hydrogen-bond donors (Lipinski definition) is 0. The van der Waals surface area contributed by atoms with Gasteiger partial charge in [-0.15, -0.1) is 0 Å². The van der Waals surface area contributed by atoms with Crippen molar-refractivity contribution < 1.29 is 4.74 Å². The van der Waals surface area contributed by atoms with E-state index in [2.05, 4.69) is 18.7 Å². The van der Waals surface area contributed by atoms with Crippen LogP contribution in [0.4, 0.5) is 0 Å². The Labute approximate surface area is 102 Å². The van der Waals surface area contributed by atoms with Crippen LogP contribution in [-0.4, -0.2) is 30.6 Å². The molecule has 0 aromatic heterocycles. The maximum atomic E-state index is 5.80. The molecule has 2 nitrogen and oxygen atoms in total. The minimum absolute atomic E-state index is 0.748. The van der Waals surface area contributed by atoms with Gasteiger partial charge in [0.2, 0.25) is 0 Å². The maximum Gasteiger partial charge on any atom is 0.119 e. The third-order valence-corrected chi connectivity index (χ3v) is 3.24. The van der Waals surface area contributed by atoms with Crippen molar-refractivity contribution in [3.63, 3.8) is 0 Å². The van der Waals surface area contributed by atoms with Gasteiger partial charge in [0.1, 0.15) is 12.4 Å². The van der Waals surface area contributed by atoms with Crippen LogP contribution in [0.1, 0.15) is 13.8 Å². The fourth-order valence-electron chi connectivity index (χ4n) is 1.89. The van der Waals surface area contributed by atoms with E-state index >= 15 is 0 Å². The molecule has 3 heteroatoms. The molecular weight excluding hydrogens is 222 g/mol. The molecule has 1 heterocycles. The van der Waals surface area contributed by atoms with Crippen molar-refractivity contribution in [2.24, 2.45) is 5.92 Å². The summed E-state index contributed by atoms with van der Waals surface area (Å²) in [6, 6.07) is 8.29. The van der Waals surface area contributed by atoms with Crippen molar-refractivity contribution >= 4 is 11.6 Å². The van der Waals surface area contributed by atoms with Crippen LogP contribution in [0.15, 0.2) is 24.3 Å². The van der Waals surface area contributed by atoms with Gasteiger partial charge in [-0.25, -0.2) is 0 Å². The first kappa shape index (κ1) is 11.7. The minimum atomic E-state index is 0.748. The number of ether oxygens (including phenoxy) is 1. The standard InChI is InChI=1S/C13H18ClNO/c1-10(2)13-9-15(13)7-8-16-12-5-3-11(14)4-6-12/h3-6,10,13H,7-9H2,1-2H3/t13-,15?/m1/s1. The van der Waals surface area contributed by atoms with Gasteiger partial charge in [0, 0.05) is 24.2 Å². The summed E-state index contributed by atoms with van der Waals surface area (Å²) in [5, 5.41) is 0.748. The summed E-state index contributed by atoms with van der Waals surface area (Å²) in [6.45, 7) is 7.54. The number of benzene rings is 1. The lowest BCUT2D eigenvalue weighted by molar-refractivity contribution is 0.279. The molecule has 0 radical (unpaired) electrons. The zero-order valence-electron chi connectivity index (χ0n) is 9.82. The van der Waals surface area contributed by atoms with Crippen molar-refractivity contribution in [1.29, 1.82) is 0 Å². The normalized spacial score (nSPS) is 23.5. The van der Waals surface area contributed by atoms with Gasteiger partial charge in [0.25, 0.3) is 0 Å². The highest BCUT2D eigenvalue weighted by atomic mass is 35.5. The molecule has 0 saturated carbocycles. The molecule has 1 aromatic rings. The first-order chi connectivity index (χ1) is 7.66. The zero-order valence-corrected chi connectivity index (χ0v) is 10.6. The average Bonchev–Trinajstić information content (AvgIpc) is 3.01. The van der Waals surface area contributed by atoms with Crippen molar-refractivity contribution in [3.8, 4) is 5.75 Å². The van der Waals surface area contributed by atoms with Crippen LogP contribution in [0.25, 0.3) is 0 Å². The summed E-state index contributed by atoms with van der Waals surface area (Å²) >= 11 is 5.80. The summed E-state index contributed by atoms with van der Waals surface area (Å²) in [6.07, 6.45) is 0. The highest BCUT2D eigenvalue weighted by molar-refractivity contribution is 6.30. The first-order valence-electron chi connectivity index (χ1n) is 5.79. The second kappa shape index (κ2) is 5.07. The maximum absolute atomic E-state index is 5.80. The summed E-state index contributed by atoms with van der Waals surface area (Å²) in [7, 11) is 0. The number of hydrogen-bond acceptors (Lipinski definition) is 2. The molecule has 88 valence electrons. The van der Waals surface area contributed by atoms with Gasteiger partial charge >= 0.3 is 0 Å². The summed E-state index contributed by atoms with van der Waals surface area (Å²) in [5.41, 5.74) is 0. The van der Waals surface area contributed by atoms with Crippen LogP contribution in [-0.2, 0) is 0 Å². The van der Waals surface area contributed by atoms with Crippen LogP contribution < -0.4 is 4.74 Å². The third-order valence-electron chi connectivity index (χ3n) is 2.99. The largest absolute Gasteiger partial charge is 0.492 e. The predicted molar refractivity (Wildman–Crippen MR) is 67.1 cm³/mol. The molecule has 1 saturated heterocycles. The lowest BCUT2D eigenvalue weighted by Crippen LogP contribution is -2.15. The smallest absolute Gasteiger partial charge is 0.119 e. The minimum Gasteiger partial charge on any atom is -0.492 e. The van der Waals surface area contributed by atoms with Gasteiger partial charge in [-0.3, -0.25) is 4.90 Å². The topological polar surface area (TPSA) is 12.2 Å². The SMILES string of the molecule is CC(C)[C@H]1CN1CCOc1ccc(Cl)cc1. The van der Waals surface area contributed by atoms with Gasteiger partial charge in [-0.05, 0) is 30.2 Å². The van der Waals surface area contributed by atoms with Crippen LogP contribution in [0.3, 0.4) is 0 Å². The molecule has 1 unspecified atom stereocenters. The lowest BCUT2D eigenvalue weighted by Gasteiger charge is -2.08. The Hall–Kier alpha value is -0.730. The van der Waals surface area contributed by atoms with Gasteiger partial charge in [-0.2, -0.15) is 0 Å². The first-order valence-corrected chi connectivity index (χ1v) is 6.17. The summed E-state index contributed by atoms with van der Waals surface area (Å²) in [5.74, 6) is 1.66. The van der Waals surface area contributed by atoms with E-state index in [-0.39, 0.29) is 0 Å². The van der Waals surface area contributed by atoms with E-state index in [1.807, 2.05) is 24.3 Å². The molecule has 1 aliphatic rings. The third kappa shape index (κ3) is 3.13. The molecule has 0 spiro atoms. The van der Waals surface area contributed by atoms with Crippen LogP contribution in [0.2, 0.25) is 5.02 Å². The van der Waals surface area contributed by atoms with E-state index < -0.39 is 0 Å². The molecule has 1 aromatic carbocycles. The van der Waals surface area contributed by atoms with Gasteiger partial charge < -0.3 is 4.74 Å². The Morgan fingerprint density at radius 1 is 1.38 bits per heavy atom. The molecule has 0 amide bonds. The van der Waals surface area contributed by atoms with Crippen LogP contribution in [0.5, 0.6) is 5.75 Å². The van der Waals surface area contributed by atoms with Gasteiger partial charge in [0.05, 0.1) is 0 Å². The zero-order chi connectivity index (χ0) is 11.5. The van der Waals surface area contributed by atoms with Crippen molar-refractivity contribution in [1.82, 2.24) is 4.90 Å². The molecule has 0 aliphatic carbocycles. The number of halogens is 1. The Morgan fingerprint density at radius 3 is 2.62 bits per heavy atom. The van der Waals surface area contributed by atoms with E-state index in [4.69, 9.17) is 16.3 Å². The molecule has 0 bridgehead atoms. The van der Waals surface area contributed by atoms with E-state index in [0.717, 1.165) is 35.9 Å². The number of rotatable bonds is 5. The Morgan fingerprint density at radius 2 is 2.06 bits per heavy atom. The highest BCUT2D eigenvalue weighted by Gasteiger charge is 2.35. The fourth-order valence-corrected chi connectivity index (χ4v) is 2.02. The molecular formula is C13H18ClNO. The second-order valence-corrected chi connectivity index (χ2v) is 5.05. The van der Waals surface area contributed by atoms with Crippen LogP contribution in [0, 0.1) is 5.92 Å². The summed E-state index contributed by atoms with van der Waals surface area (Å²) in [4.78, 5) is 2.45. The van der Waals surface area contributed by atoms with E-state index in [0.29, 0.717) is 0 Å². The average molecular weight is 240 g/mol. The second-order valence-electron chi connectivity index (χ2n) is 4.61. The van der Waals surface area contributed by atoms with Gasteiger partial charge in [-0.1, -0.05) is 25.4 Å². The Balaban J connectivity index is 1.67. The van der Waals surface area contributed by atoms with Crippen molar-refractivity contribution in [2.75, 3.05) is 19.7 Å². The Bertz CT molecular complexity index is 336. The van der Waals surface area contributed by atoms with E-state index in [1.54, 1.807) is 0 Å². The predicted octanol–water partition coefficient (Wildman–Crippen LogP) is 3.06. The van der Waals surface area contributed by atoms with Crippen molar-refractivity contribution in [2.45, 2.75) is 19.9 Å². The number of nitrogens with zero attached hydrogens (tertiary/aromatic N) is 1. The molecule has 2 atom stereocenters. The van der Waals surface area contributed by atoms with E-state index in [1.165, 1.54) is 6.54 Å². The fraction of sp³-hybridized carbons (Fsp3) is 0.538.